The van der Waals surface area contributed by atoms with Crippen LogP contribution in [0.5, 0.6) is 0 Å². The summed E-state index contributed by atoms with van der Waals surface area (Å²) in [6.07, 6.45) is 2.82. The number of nitrogens with zero attached hydrogens (tertiary/aromatic N) is 2. The Morgan fingerprint density at radius 1 is 1.42 bits per heavy atom. The molecule has 1 aromatic heterocycles. The third kappa shape index (κ3) is 5.32. The number of nitrogens with one attached hydrogen (secondary N) is 2. The molecular formula is C14H16N4O3S3. The lowest BCUT2D eigenvalue weighted by Gasteiger charge is -2.09. The van der Waals surface area contributed by atoms with E-state index in [9.17, 15) is 13.2 Å². The molecule has 128 valence electrons. The van der Waals surface area contributed by atoms with Gasteiger partial charge in [0.05, 0.1) is 11.9 Å². The number of hydrogen-bond donors (Lipinski definition) is 2. The fourth-order valence-corrected chi connectivity index (χ4v) is 3.82. The Bertz CT molecular complexity index is 862. The van der Waals surface area contributed by atoms with Crippen LogP contribution in [0.1, 0.15) is 15.9 Å². The van der Waals surface area contributed by atoms with E-state index in [-0.39, 0.29) is 5.91 Å². The molecular weight excluding hydrogens is 368 g/mol. The minimum atomic E-state index is -3.42. The van der Waals surface area contributed by atoms with E-state index in [1.165, 1.54) is 29.2 Å². The van der Waals surface area contributed by atoms with Crippen LogP contribution in [0, 0.1) is 6.92 Å². The molecule has 24 heavy (non-hydrogen) atoms. The molecule has 0 bridgehead atoms. The minimum absolute atomic E-state index is 0.322. The van der Waals surface area contributed by atoms with E-state index in [1.807, 2.05) is 0 Å². The SMILES string of the molecule is C=CCSc1nnc(NC(=O)c2ccc(C)c(NS(C)(=O)=O)c2)s1. The number of benzene rings is 1. The lowest BCUT2D eigenvalue weighted by molar-refractivity contribution is 0.102. The molecule has 0 radical (unpaired) electrons. The van der Waals surface area contributed by atoms with Gasteiger partial charge in [-0.1, -0.05) is 35.2 Å². The highest BCUT2D eigenvalue weighted by molar-refractivity contribution is 8.01. The van der Waals surface area contributed by atoms with E-state index < -0.39 is 10.0 Å². The number of carbonyl (C=O) groups excluding carboxylic acids is 1. The molecule has 0 atom stereocenters. The van der Waals surface area contributed by atoms with Crippen molar-refractivity contribution in [2.75, 3.05) is 22.0 Å². The molecule has 2 rings (SSSR count). The zero-order valence-electron chi connectivity index (χ0n) is 13.1. The Hall–Kier alpha value is -1.91. The second-order valence-corrected chi connectivity index (χ2v) is 8.82. The molecule has 0 aliphatic heterocycles. The predicted octanol–water partition coefficient (Wildman–Crippen LogP) is 2.75. The molecule has 0 saturated heterocycles. The summed E-state index contributed by atoms with van der Waals surface area (Å²) in [5.41, 5.74) is 1.41. The van der Waals surface area contributed by atoms with E-state index in [1.54, 1.807) is 25.1 Å². The largest absolute Gasteiger partial charge is 0.296 e. The van der Waals surface area contributed by atoms with Crippen molar-refractivity contribution in [3.05, 3.63) is 42.0 Å². The maximum absolute atomic E-state index is 12.3. The molecule has 1 heterocycles. The van der Waals surface area contributed by atoms with Gasteiger partial charge in [0.25, 0.3) is 5.91 Å². The van der Waals surface area contributed by atoms with Crippen LogP contribution in [0.2, 0.25) is 0 Å². The second-order valence-electron chi connectivity index (χ2n) is 4.83. The number of aromatic nitrogens is 2. The van der Waals surface area contributed by atoms with Crippen LogP contribution in [0.4, 0.5) is 10.8 Å². The summed E-state index contributed by atoms with van der Waals surface area (Å²) in [6.45, 7) is 5.38. The first-order chi connectivity index (χ1) is 11.3. The van der Waals surface area contributed by atoms with Crippen LogP contribution in [0.15, 0.2) is 35.2 Å². The fraction of sp³-hybridized carbons (Fsp3) is 0.214. The van der Waals surface area contributed by atoms with Gasteiger partial charge in [0.1, 0.15) is 0 Å². The number of sulfonamides is 1. The zero-order chi connectivity index (χ0) is 17.7. The van der Waals surface area contributed by atoms with Gasteiger partial charge >= 0.3 is 0 Å². The standard InChI is InChI=1S/C14H16N4O3S3/c1-4-7-22-14-17-16-13(23-14)15-12(19)10-6-5-9(2)11(8-10)18-24(3,20)21/h4-6,8,18H,1,7H2,2-3H3,(H,15,16,19). The van der Waals surface area contributed by atoms with Crippen LogP contribution in [-0.4, -0.2) is 36.5 Å². The summed E-state index contributed by atoms with van der Waals surface area (Å²) in [5, 5.41) is 10.9. The van der Waals surface area contributed by atoms with Gasteiger partial charge in [-0.15, -0.1) is 16.8 Å². The molecule has 0 saturated carbocycles. The Morgan fingerprint density at radius 2 is 2.17 bits per heavy atom. The van der Waals surface area contributed by atoms with Crippen molar-refractivity contribution in [2.45, 2.75) is 11.3 Å². The maximum atomic E-state index is 12.3. The molecule has 10 heteroatoms. The monoisotopic (exact) mass is 384 g/mol. The Morgan fingerprint density at radius 3 is 2.83 bits per heavy atom. The molecule has 1 amide bonds. The third-order valence-corrected chi connectivity index (χ3v) is 5.31. The van der Waals surface area contributed by atoms with Crippen molar-refractivity contribution in [3.63, 3.8) is 0 Å². The van der Waals surface area contributed by atoms with E-state index in [4.69, 9.17) is 0 Å². The van der Waals surface area contributed by atoms with Crippen LogP contribution in [0.3, 0.4) is 0 Å². The average molecular weight is 385 g/mol. The number of thioether (sulfide) groups is 1. The molecule has 0 aliphatic rings. The van der Waals surface area contributed by atoms with Gasteiger partial charge in [0.15, 0.2) is 4.34 Å². The smallest absolute Gasteiger partial charge is 0.257 e. The summed E-state index contributed by atoms with van der Waals surface area (Å²) < 4.78 is 25.9. The number of aryl methyl sites for hydroxylation is 1. The van der Waals surface area contributed by atoms with Crippen molar-refractivity contribution < 1.29 is 13.2 Å². The van der Waals surface area contributed by atoms with Gasteiger partial charge in [-0.3, -0.25) is 14.8 Å². The molecule has 2 aromatic rings. The van der Waals surface area contributed by atoms with E-state index in [2.05, 4.69) is 26.8 Å². The van der Waals surface area contributed by atoms with Crippen LogP contribution in [0.25, 0.3) is 0 Å². The third-order valence-electron chi connectivity index (χ3n) is 2.75. The molecule has 0 fully saturated rings. The predicted molar refractivity (Wildman–Crippen MR) is 98.4 cm³/mol. The first-order valence-electron chi connectivity index (χ1n) is 6.75. The van der Waals surface area contributed by atoms with E-state index >= 15 is 0 Å². The Labute approximate surface area is 148 Å². The normalized spacial score (nSPS) is 11.1. The van der Waals surface area contributed by atoms with Crippen LogP contribution < -0.4 is 10.0 Å². The molecule has 1 aromatic carbocycles. The first-order valence-corrected chi connectivity index (χ1v) is 10.4. The summed E-state index contributed by atoms with van der Waals surface area (Å²) in [5.74, 6) is 0.323. The molecule has 0 unspecified atom stereocenters. The average Bonchev–Trinajstić information content (AvgIpc) is 2.93. The van der Waals surface area contributed by atoms with Crippen LogP contribution >= 0.6 is 23.1 Å². The molecule has 2 N–H and O–H groups in total. The quantitative estimate of drug-likeness (QED) is 0.432. The summed E-state index contributed by atoms with van der Waals surface area (Å²) in [7, 11) is -3.42. The number of amides is 1. The van der Waals surface area contributed by atoms with Crippen molar-refractivity contribution in [1.82, 2.24) is 10.2 Å². The molecule has 7 nitrogen and oxygen atoms in total. The molecule has 0 aliphatic carbocycles. The van der Waals surface area contributed by atoms with Gasteiger partial charge < -0.3 is 0 Å². The zero-order valence-corrected chi connectivity index (χ0v) is 15.5. The van der Waals surface area contributed by atoms with Crippen molar-refractivity contribution in [2.24, 2.45) is 0 Å². The van der Waals surface area contributed by atoms with Gasteiger partial charge in [0.2, 0.25) is 15.2 Å². The number of carbonyl (C=O) groups is 1. The fourth-order valence-electron chi connectivity index (χ4n) is 1.69. The topological polar surface area (TPSA) is 101 Å². The number of rotatable bonds is 7. The summed E-state index contributed by atoms with van der Waals surface area (Å²) in [4.78, 5) is 12.3. The number of hydrogen-bond acceptors (Lipinski definition) is 7. The van der Waals surface area contributed by atoms with Crippen molar-refractivity contribution in [3.8, 4) is 0 Å². The highest BCUT2D eigenvalue weighted by Gasteiger charge is 2.13. The Balaban J connectivity index is 2.13. The van der Waals surface area contributed by atoms with Gasteiger partial charge in [-0.05, 0) is 24.6 Å². The van der Waals surface area contributed by atoms with E-state index in [0.717, 1.165) is 16.2 Å². The van der Waals surface area contributed by atoms with Crippen LogP contribution in [-0.2, 0) is 10.0 Å². The minimum Gasteiger partial charge on any atom is -0.296 e. The lowest BCUT2D eigenvalue weighted by Crippen LogP contribution is -2.14. The lowest BCUT2D eigenvalue weighted by atomic mass is 10.1. The van der Waals surface area contributed by atoms with E-state index in [0.29, 0.717) is 22.1 Å². The highest BCUT2D eigenvalue weighted by atomic mass is 32.2. The first kappa shape index (κ1) is 18.4. The highest BCUT2D eigenvalue weighted by Crippen LogP contribution is 2.26. The van der Waals surface area contributed by atoms with Crippen molar-refractivity contribution in [1.29, 1.82) is 0 Å². The Kier molecular flexibility index (Phi) is 5.97. The second kappa shape index (κ2) is 7.77. The van der Waals surface area contributed by atoms with Gasteiger partial charge in [-0.2, -0.15) is 0 Å². The van der Waals surface area contributed by atoms with Gasteiger partial charge in [-0.25, -0.2) is 8.42 Å². The summed E-state index contributed by atoms with van der Waals surface area (Å²) >= 11 is 2.74. The maximum Gasteiger partial charge on any atom is 0.257 e. The van der Waals surface area contributed by atoms with Crippen molar-refractivity contribution >= 4 is 49.8 Å². The number of anilines is 2. The molecule has 0 spiro atoms. The summed E-state index contributed by atoms with van der Waals surface area (Å²) in [6, 6.07) is 4.78. The van der Waals surface area contributed by atoms with Gasteiger partial charge in [0, 0.05) is 11.3 Å².